The summed E-state index contributed by atoms with van der Waals surface area (Å²) >= 11 is 0. The molecule has 0 spiro atoms. The van der Waals surface area contributed by atoms with Gasteiger partial charge in [-0.25, -0.2) is 9.67 Å². The van der Waals surface area contributed by atoms with Gasteiger partial charge in [0, 0.05) is 18.5 Å². The van der Waals surface area contributed by atoms with Gasteiger partial charge in [0.25, 0.3) is 5.91 Å². The SMILES string of the molecule is Cc1cc(-n2cncn2)ccc1C(=O)NCC(O)Cc1ccccc1. The van der Waals surface area contributed by atoms with Crippen molar-refractivity contribution in [3.63, 3.8) is 0 Å². The molecule has 1 heterocycles. The lowest BCUT2D eigenvalue weighted by atomic mass is 10.1. The topological polar surface area (TPSA) is 80.0 Å². The maximum atomic E-state index is 12.4. The molecule has 1 unspecified atom stereocenters. The van der Waals surface area contributed by atoms with Crippen LogP contribution in [-0.2, 0) is 6.42 Å². The number of aliphatic hydroxyl groups is 1. The molecule has 2 aromatic carbocycles. The van der Waals surface area contributed by atoms with E-state index >= 15 is 0 Å². The quantitative estimate of drug-likeness (QED) is 0.721. The van der Waals surface area contributed by atoms with Crippen LogP contribution < -0.4 is 5.32 Å². The van der Waals surface area contributed by atoms with Crippen LogP contribution in [0.3, 0.4) is 0 Å². The van der Waals surface area contributed by atoms with Gasteiger partial charge in [-0.1, -0.05) is 30.3 Å². The van der Waals surface area contributed by atoms with Crippen LogP contribution in [0.4, 0.5) is 0 Å². The molecule has 0 radical (unpaired) electrons. The summed E-state index contributed by atoms with van der Waals surface area (Å²) in [6.45, 7) is 2.08. The minimum atomic E-state index is -0.624. The van der Waals surface area contributed by atoms with Crippen molar-refractivity contribution in [3.8, 4) is 5.69 Å². The third-order valence-electron chi connectivity index (χ3n) is 3.95. The zero-order valence-corrected chi connectivity index (χ0v) is 14.0. The fourth-order valence-electron chi connectivity index (χ4n) is 2.65. The first-order chi connectivity index (χ1) is 12.1. The Bertz CT molecular complexity index is 832. The predicted octanol–water partition coefficient (Wildman–Crippen LogP) is 1.91. The van der Waals surface area contributed by atoms with Gasteiger partial charge in [0.1, 0.15) is 12.7 Å². The van der Waals surface area contributed by atoms with E-state index in [1.165, 1.54) is 6.33 Å². The number of aryl methyl sites for hydroxylation is 1. The second kappa shape index (κ2) is 7.72. The fraction of sp³-hybridized carbons (Fsp3) is 0.211. The molecule has 3 rings (SSSR count). The first kappa shape index (κ1) is 16.9. The van der Waals surface area contributed by atoms with E-state index in [2.05, 4.69) is 15.4 Å². The summed E-state index contributed by atoms with van der Waals surface area (Å²) in [7, 11) is 0. The van der Waals surface area contributed by atoms with E-state index in [0.29, 0.717) is 12.0 Å². The van der Waals surface area contributed by atoms with Gasteiger partial charge < -0.3 is 10.4 Å². The first-order valence-electron chi connectivity index (χ1n) is 8.09. The lowest BCUT2D eigenvalue weighted by Crippen LogP contribution is -2.33. The van der Waals surface area contributed by atoms with Crippen LogP contribution in [0.25, 0.3) is 5.69 Å². The molecular formula is C19H20N4O2. The van der Waals surface area contributed by atoms with Crippen LogP contribution in [0.2, 0.25) is 0 Å². The molecule has 0 aliphatic rings. The van der Waals surface area contributed by atoms with Gasteiger partial charge in [-0.2, -0.15) is 5.10 Å². The van der Waals surface area contributed by atoms with Gasteiger partial charge >= 0.3 is 0 Å². The Morgan fingerprint density at radius 3 is 2.72 bits per heavy atom. The molecule has 3 aromatic rings. The average molecular weight is 336 g/mol. The van der Waals surface area contributed by atoms with Crippen molar-refractivity contribution in [1.29, 1.82) is 0 Å². The van der Waals surface area contributed by atoms with E-state index in [1.54, 1.807) is 17.1 Å². The average Bonchev–Trinajstić information content (AvgIpc) is 3.15. The van der Waals surface area contributed by atoms with E-state index in [9.17, 15) is 9.90 Å². The number of nitrogens with zero attached hydrogens (tertiary/aromatic N) is 3. The number of carbonyl (C=O) groups excluding carboxylic acids is 1. The largest absolute Gasteiger partial charge is 0.391 e. The van der Waals surface area contributed by atoms with Gasteiger partial charge in [0.2, 0.25) is 0 Å². The first-order valence-corrected chi connectivity index (χ1v) is 8.09. The normalized spacial score (nSPS) is 11.9. The van der Waals surface area contributed by atoms with Gasteiger partial charge in [0.15, 0.2) is 0 Å². The Hall–Kier alpha value is -2.99. The monoisotopic (exact) mass is 336 g/mol. The predicted molar refractivity (Wildman–Crippen MR) is 94.6 cm³/mol. The third-order valence-corrected chi connectivity index (χ3v) is 3.95. The smallest absolute Gasteiger partial charge is 0.251 e. The fourth-order valence-corrected chi connectivity index (χ4v) is 2.65. The highest BCUT2D eigenvalue weighted by molar-refractivity contribution is 5.95. The van der Waals surface area contributed by atoms with Crippen LogP contribution in [0.5, 0.6) is 0 Å². The number of aromatic nitrogens is 3. The molecule has 0 aliphatic heterocycles. The minimum Gasteiger partial charge on any atom is -0.391 e. The molecule has 0 aliphatic carbocycles. The molecule has 6 nitrogen and oxygen atoms in total. The summed E-state index contributed by atoms with van der Waals surface area (Å²) in [5.41, 5.74) is 3.30. The molecule has 0 bridgehead atoms. The van der Waals surface area contributed by atoms with Crippen LogP contribution in [0, 0.1) is 6.92 Å². The van der Waals surface area contributed by atoms with Crippen molar-refractivity contribution >= 4 is 5.91 Å². The Labute approximate surface area is 146 Å². The van der Waals surface area contributed by atoms with Crippen molar-refractivity contribution < 1.29 is 9.90 Å². The van der Waals surface area contributed by atoms with Crippen molar-refractivity contribution in [2.75, 3.05) is 6.54 Å². The number of aliphatic hydroxyl groups excluding tert-OH is 1. The number of hydrogen-bond acceptors (Lipinski definition) is 4. The molecule has 2 N–H and O–H groups in total. The summed E-state index contributed by atoms with van der Waals surface area (Å²) in [4.78, 5) is 16.3. The Morgan fingerprint density at radius 2 is 2.04 bits per heavy atom. The molecule has 1 atom stereocenters. The number of benzene rings is 2. The molecule has 25 heavy (non-hydrogen) atoms. The highest BCUT2D eigenvalue weighted by Gasteiger charge is 2.12. The third kappa shape index (κ3) is 4.30. The Balaban J connectivity index is 1.59. The molecule has 0 saturated carbocycles. The number of nitrogens with one attached hydrogen (secondary N) is 1. The zero-order valence-electron chi connectivity index (χ0n) is 14.0. The van der Waals surface area contributed by atoms with Gasteiger partial charge in [0.05, 0.1) is 11.8 Å². The highest BCUT2D eigenvalue weighted by Crippen LogP contribution is 2.14. The van der Waals surface area contributed by atoms with Crippen LogP contribution in [0.1, 0.15) is 21.5 Å². The number of carbonyl (C=O) groups is 1. The van der Waals surface area contributed by atoms with E-state index < -0.39 is 6.10 Å². The molecule has 128 valence electrons. The molecule has 0 fully saturated rings. The van der Waals surface area contributed by atoms with Crippen LogP contribution in [-0.4, -0.2) is 38.4 Å². The van der Waals surface area contributed by atoms with Crippen LogP contribution in [0.15, 0.2) is 61.2 Å². The van der Waals surface area contributed by atoms with Crippen molar-refractivity contribution in [2.24, 2.45) is 0 Å². The maximum Gasteiger partial charge on any atom is 0.251 e. The summed E-state index contributed by atoms with van der Waals surface area (Å²) in [5, 5.41) is 17.0. The van der Waals surface area contributed by atoms with Gasteiger partial charge in [-0.05, 0) is 36.2 Å². The maximum absolute atomic E-state index is 12.4. The lowest BCUT2D eigenvalue weighted by molar-refractivity contribution is 0.0915. The Kier molecular flexibility index (Phi) is 5.20. The second-order valence-corrected chi connectivity index (χ2v) is 5.89. The van der Waals surface area contributed by atoms with E-state index in [4.69, 9.17) is 0 Å². The van der Waals surface area contributed by atoms with Crippen molar-refractivity contribution in [3.05, 3.63) is 77.9 Å². The zero-order chi connectivity index (χ0) is 17.6. The van der Waals surface area contributed by atoms with E-state index in [-0.39, 0.29) is 12.5 Å². The summed E-state index contributed by atoms with van der Waals surface area (Å²) in [5.74, 6) is -0.199. The summed E-state index contributed by atoms with van der Waals surface area (Å²) < 4.78 is 1.64. The summed E-state index contributed by atoms with van der Waals surface area (Å²) in [6.07, 6.45) is 2.95. The van der Waals surface area contributed by atoms with Gasteiger partial charge in [-0.15, -0.1) is 0 Å². The molecule has 1 amide bonds. The number of hydrogen-bond donors (Lipinski definition) is 2. The molecule has 1 aromatic heterocycles. The summed E-state index contributed by atoms with van der Waals surface area (Å²) in [6, 6.07) is 15.2. The second-order valence-electron chi connectivity index (χ2n) is 5.89. The van der Waals surface area contributed by atoms with E-state index in [1.807, 2.05) is 49.4 Å². The van der Waals surface area contributed by atoms with Crippen LogP contribution >= 0.6 is 0 Å². The standard InChI is InChI=1S/C19H20N4O2/c1-14-9-16(23-13-20-12-22-23)7-8-18(14)19(25)21-11-17(24)10-15-5-3-2-4-6-15/h2-9,12-13,17,24H,10-11H2,1H3,(H,21,25). The molecular weight excluding hydrogens is 316 g/mol. The lowest BCUT2D eigenvalue weighted by Gasteiger charge is -2.13. The molecule has 0 saturated heterocycles. The number of amides is 1. The number of rotatable bonds is 6. The highest BCUT2D eigenvalue weighted by atomic mass is 16.3. The Morgan fingerprint density at radius 1 is 1.24 bits per heavy atom. The van der Waals surface area contributed by atoms with E-state index in [0.717, 1.165) is 16.8 Å². The van der Waals surface area contributed by atoms with Crippen molar-refractivity contribution in [1.82, 2.24) is 20.1 Å². The minimum absolute atomic E-state index is 0.199. The molecule has 6 heteroatoms. The van der Waals surface area contributed by atoms with Crippen molar-refractivity contribution in [2.45, 2.75) is 19.4 Å². The van der Waals surface area contributed by atoms with Gasteiger partial charge in [-0.3, -0.25) is 4.79 Å².